The Hall–Kier alpha value is -2.96. The van der Waals surface area contributed by atoms with Gasteiger partial charge in [0, 0.05) is 0 Å². The average molecular weight is 306 g/mol. The molecule has 0 fully saturated rings. The molecule has 1 aromatic carbocycles. The molecule has 0 atom stereocenters. The number of hydrogen-bond donors (Lipinski definition) is 1. The lowest BCUT2D eigenvalue weighted by Crippen LogP contribution is -2.05. The maximum absolute atomic E-state index is 11.9. The van der Waals surface area contributed by atoms with Crippen LogP contribution in [0.5, 0.6) is 11.5 Å². The topological polar surface area (TPSA) is 95.2 Å². The molecule has 2 aromatic rings. The molecule has 0 spiro atoms. The Morgan fingerprint density at radius 1 is 1.14 bits per heavy atom. The number of methoxy groups -OCH3 is 2. The van der Waals surface area contributed by atoms with Gasteiger partial charge < -0.3 is 23.7 Å². The molecule has 0 aliphatic carbocycles. The average Bonchev–Trinajstić information content (AvgIpc) is 3.01. The highest BCUT2D eigenvalue weighted by atomic mass is 16.6. The Kier molecular flexibility index (Phi) is 4.67. The van der Waals surface area contributed by atoms with E-state index in [1.165, 1.54) is 44.6 Å². The Balaban J connectivity index is 2.04. The number of phenolic OH excluding ortho intramolecular Hbond substituents is 1. The first-order valence-electron chi connectivity index (χ1n) is 6.26. The van der Waals surface area contributed by atoms with E-state index in [1.807, 2.05) is 0 Å². The molecular weight excluding hydrogens is 292 g/mol. The summed E-state index contributed by atoms with van der Waals surface area (Å²) in [5.41, 5.74) is -0.0286. The molecule has 7 nitrogen and oxygen atoms in total. The van der Waals surface area contributed by atoms with Crippen molar-refractivity contribution in [2.24, 2.45) is 0 Å². The minimum absolute atomic E-state index is 0.0118. The minimum atomic E-state index is -0.743. The summed E-state index contributed by atoms with van der Waals surface area (Å²) in [5, 5.41) is 9.67. The van der Waals surface area contributed by atoms with Crippen LogP contribution in [0, 0.1) is 0 Å². The molecule has 1 N–H and O–H groups in total. The summed E-state index contributed by atoms with van der Waals surface area (Å²) in [7, 11) is 2.68. The van der Waals surface area contributed by atoms with Crippen LogP contribution in [-0.4, -0.2) is 31.3 Å². The summed E-state index contributed by atoms with van der Waals surface area (Å²) in [6.45, 7) is -0.188. The molecule has 0 saturated heterocycles. The third kappa shape index (κ3) is 3.38. The molecule has 2 rings (SSSR count). The highest BCUT2D eigenvalue weighted by Crippen LogP contribution is 2.24. The molecule has 0 bridgehead atoms. The fourth-order valence-electron chi connectivity index (χ4n) is 1.69. The van der Waals surface area contributed by atoms with Gasteiger partial charge in [0.1, 0.15) is 29.4 Å². The van der Waals surface area contributed by atoms with Gasteiger partial charge in [-0.2, -0.15) is 0 Å². The minimum Gasteiger partial charge on any atom is -0.507 e. The molecular formula is C15H14O7. The molecule has 0 unspecified atom stereocenters. The van der Waals surface area contributed by atoms with Gasteiger partial charge in [-0.25, -0.2) is 9.59 Å². The van der Waals surface area contributed by atoms with Gasteiger partial charge in [0.15, 0.2) is 0 Å². The summed E-state index contributed by atoms with van der Waals surface area (Å²) < 4.78 is 19.7. The van der Waals surface area contributed by atoms with E-state index in [9.17, 15) is 14.7 Å². The lowest BCUT2D eigenvalue weighted by molar-refractivity contribution is 0.0435. The summed E-state index contributed by atoms with van der Waals surface area (Å²) >= 11 is 0. The number of aromatic hydroxyl groups is 1. The van der Waals surface area contributed by atoms with E-state index < -0.39 is 11.9 Å². The Bertz CT molecular complexity index is 687. The third-order valence-corrected chi connectivity index (χ3v) is 2.82. The Morgan fingerprint density at radius 2 is 1.91 bits per heavy atom. The second kappa shape index (κ2) is 6.66. The monoisotopic (exact) mass is 306 g/mol. The van der Waals surface area contributed by atoms with Crippen molar-refractivity contribution in [1.82, 2.24) is 0 Å². The first kappa shape index (κ1) is 15.4. The van der Waals surface area contributed by atoms with Crippen LogP contribution in [0.15, 0.2) is 34.7 Å². The molecule has 0 saturated carbocycles. The van der Waals surface area contributed by atoms with Crippen molar-refractivity contribution in [3.8, 4) is 11.5 Å². The summed E-state index contributed by atoms with van der Waals surface area (Å²) in [6.07, 6.45) is 0. The summed E-state index contributed by atoms with van der Waals surface area (Å²) in [6, 6.07) is 7.11. The number of carbonyl (C=O) groups excluding carboxylic acids is 2. The maximum Gasteiger partial charge on any atom is 0.373 e. The summed E-state index contributed by atoms with van der Waals surface area (Å²) in [5.74, 6) is -0.888. The van der Waals surface area contributed by atoms with Crippen LogP contribution in [0.25, 0.3) is 0 Å². The Morgan fingerprint density at radius 3 is 2.59 bits per heavy atom. The van der Waals surface area contributed by atoms with Crippen molar-refractivity contribution >= 4 is 11.9 Å². The van der Waals surface area contributed by atoms with Gasteiger partial charge in [0.2, 0.25) is 5.76 Å². The molecule has 0 amide bonds. The van der Waals surface area contributed by atoms with Gasteiger partial charge in [0.05, 0.1) is 14.2 Å². The van der Waals surface area contributed by atoms with E-state index in [4.69, 9.17) is 13.9 Å². The van der Waals surface area contributed by atoms with E-state index in [2.05, 4.69) is 4.74 Å². The molecule has 22 heavy (non-hydrogen) atoms. The fourth-order valence-corrected chi connectivity index (χ4v) is 1.69. The van der Waals surface area contributed by atoms with Crippen LogP contribution in [-0.2, 0) is 16.1 Å². The zero-order chi connectivity index (χ0) is 16.1. The number of esters is 2. The lowest BCUT2D eigenvalue weighted by Gasteiger charge is -2.07. The normalized spacial score (nSPS) is 10.1. The zero-order valence-electron chi connectivity index (χ0n) is 12.0. The van der Waals surface area contributed by atoms with E-state index >= 15 is 0 Å². The predicted molar refractivity (Wildman–Crippen MR) is 73.8 cm³/mol. The largest absolute Gasteiger partial charge is 0.507 e. The number of ether oxygens (including phenoxy) is 3. The highest BCUT2D eigenvalue weighted by molar-refractivity contribution is 5.92. The standard InChI is InChI=1S/C15H14O7/c1-19-9-3-5-12(16)11(7-9)14(17)21-8-10-4-6-13(22-10)15(18)20-2/h3-7,16H,8H2,1-2H3. The van der Waals surface area contributed by atoms with Crippen molar-refractivity contribution in [3.63, 3.8) is 0 Å². The van der Waals surface area contributed by atoms with Crippen molar-refractivity contribution < 1.29 is 33.3 Å². The molecule has 0 radical (unpaired) electrons. The van der Waals surface area contributed by atoms with Crippen molar-refractivity contribution in [2.75, 3.05) is 14.2 Å². The van der Waals surface area contributed by atoms with Crippen LogP contribution >= 0.6 is 0 Å². The smallest absolute Gasteiger partial charge is 0.373 e. The quantitative estimate of drug-likeness (QED) is 0.845. The lowest BCUT2D eigenvalue weighted by atomic mass is 10.2. The molecule has 1 heterocycles. The van der Waals surface area contributed by atoms with Gasteiger partial charge in [-0.05, 0) is 30.3 Å². The number of benzene rings is 1. The van der Waals surface area contributed by atoms with Crippen LogP contribution in [0.3, 0.4) is 0 Å². The summed E-state index contributed by atoms with van der Waals surface area (Å²) in [4.78, 5) is 23.2. The molecule has 116 valence electrons. The first-order chi connectivity index (χ1) is 10.5. The number of furan rings is 1. The predicted octanol–water partition coefficient (Wildman–Crippen LogP) is 2.14. The van der Waals surface area contributed by atoms with Crippen LogP contribution in [0.2, 0.25) is 0 Å². The molecule has 7 heteroatoms. The number of phenols is 1. The Labute approximate surface area is 126 Å². The van der Waals surface area contributed by atoms with Gasteiger partial charge in [-0.3, -0.25) is 0 Å². The van der Waals surface area contributed by atoms with E-state index in [0.29, 0.717) is 5.75 Å². The highest BCUT2D eigenvalue weighted by Gasteiger charge is 2.16. The van der Waals surface area contributed by atoms with Gasteiger partial charge in [-0.1, -0.05) is 0 Å². The second-order valence-electron chi connectivity index (χ2n) is 4.22. The SMILES string of the molecule is COC(=O)c1ccc(COC(=O)c2cc(OC)ccc2O)o1. The number of hydrogen-bond acceptors (Lipinski definition) is 7. The second-order valence-corrected chi connectivity index (χ2v) is 4.22. The van der Waals surface area contributed by atoms with Crippen molar-refractivity contribution in [2.45, 2.75) is 6.61 Å². The van der Waals surface area contributed by atoms with E-state index in [1.54, 1.807) is 0 Å². The molecule has 0 aliphatic heterocycles. The van der Waals surface area contributed by atoms with E-state index in [-0.39, 0.29) is 29.4 Å². The van der Waals surface area contributed by atoms with E-state index in [0.717, 1.165) is 0 Å². The molecule has 1 aromatic heterocycles. The third-order valence-electron chi connectivity index (χ3n) is 2.82. The zero-order valence-corrected chi connectivity index (χ0v) is 12.0. The molecule has 0 aliphatic rings. The van der Waals surface area contributed by atoms with Crippen molar-refractivity contribution in [1.29, 1.82) is 0 Å². The number of carbonyl (C=O) groups is 2. The van der Waals surface area contributed by atoms with Gasteiger partial charge in [0.25, 0.3) is 0 Å². The van der Waals surface area contributed by atoms with Crippen LogP contribution in [0.4, 0.5) is 0 Å². The van der Waals surface area contributed by atoms with Crippen molar-refractivity contribution in [3.05, 3.63) is 47.4 Å². The number of rotatable bonds is 5. The first-order valence-corrected chi connectivity index (χ1v) is 6.26. The van der Waals surface area contributed by atoms with Gasteiger partial charge in [-0.15, -0.1) is 0 Å². The van der Waals surface area contributed by atoms with Gasteiger partial charge >= 0.3 is 11.9 Å². The van der Waals surface area contributed by atoms with Crippen LogP contribution in [0.1, 0.15) is 26.7 Å². The maximum atomic E-state index is 11.9. The fraction of sp³-hybridized carbons (Fsp3) is 0.200. The van der Waals surface area contributed by atoms with Crippen LogP contribution < -0.4 is 4.74 Å².